The summed E-state index contributed by atoms with van der Waals surface area (Å²) in [4.78, 5) is 12.0. The van der Waals surface area contributed by atoms with Crippen LogP contribution in [0.3, 0.4) is 0 Å². The number of carbonyl (C=O) groups excluding carboxylic acids is 1. The van der Waals surface area contributed by atoms with Crippen LogP contribution in [-0.4, -0.2) is 29.2 Å². The lowest BCUT2D eigenvalue weighted by molar-refractivity contribution is -0.124. The maximum Gasteiger partial charge on any atom is 0.220 e. The first-order chi connectivity index (χ1) is 8.66. The summed E-state index contributed by atoms with van der Waals surface area (Å²) >= 11 is 0. The minimum absolute atomic E-state index is 0.0361. The molecule has 2 aliphatic carbocycles. The first-order valence-corrected chi connectivity index (χ1v) is 7.40. The molecule has 4 nitrogen and oxygen atoms in total. The van der Waals surface area contributed by atoms with Crippen LogP contribution in [0.25, 0.3) is 0 Å². The molecule has 0 bridgehead atoms. The van der Waals surface area contributed by atoms with E-state index in [2.05, 4.69) is 5.32 Å². The van der Waals surface area contributed by atoms with Crippen LogP contribution in [0, 0.1) is 5.92 Å². The van der Waals surface area contributed by atoms with Gasteiger partial charge in [-0.15, -0.1) is 0 Å². The van der Waals surface area contributed by atoms with E-state index in [1.807, 2.05) is 0 Å². The molecule has 4 heteroatoms. The van der Waals surface area contributed by atoms with Crippen LogP contribution in [-0.2, 0) is 4.79 Å². The first-order valence-electron chi connectivity index (χ1n) is 7.40. The van der Waals surface area contributed by atoms with Crippen molar-refractivity contribution in [2.45, 2.75) is 76.0 Å². The summed E-state index contributed by atoms with van der Waals surface area (Å²) < 4.78 is 0. The number of hydrogen-bond donors (Lipinski definition) is 3. The van der Waals surface area contributed by atoms with Crippen LogP contribution in [0.15, 0.2) is 0 Å². The van der Waals surface area contributed by atoms with Gasteiger partial charge in [-0.3, -0.25) is 4.79 Å². The first kappa shape index (κ1) is 13.8. The Morgan fingerprint density at radius 1 is 1.11 bits per heavy atom. The molecule has 0 saturated heterocycles. The molecular weight excluding hydrogens is 228 g/mol. The lowest BCUT2D eigenvalue weighted by Gasteiger charge is -2.31. The van der Waals surface area contributed by atoms with Crippen molar-refractivity contribution in [3.63, 3.8) is 0 Å². The topological polar surface area (TPSA) is 75.4 Å². The molecule has 104 valence electrons. The van der Waals surface area contributed by atoms with Crippen LogP contribution >= 0.6 is 0 Å². The van der Waals surface area contributed by atoms with Crippen LogP contribution in [0.1, 0.15) is 57.8 Å². The highest BCUT2D eigenvalue weighted by atomic mass is 16.3. The molecule has 0 aliphatic heterocycles. The molecular formula is C14H26N2O2. The van der Waals surface area contributed by atoms with Gasteiger partial charge >= 0.3 is 0 Å². The molecule has 18 heavy (non-hydrogen) atoms. The van der Waals surface area contributed by atoms with Gasteiger partial charge in [-0.25, -0.2) is 0 Å². The summed E-state index contributed by atoms with van der Waals surface area (Å²) in [6.07, 6.45) is 8.57. The van der Waals surface area contributed by atoms with Gasteiger partial charge in [0.25, 0.3) is 0 Å². The second-order valence-electron chi connectivity index (χ2n) is 5.94. The van der Waals surface area contributed by atoms with Crippen molar-refractivity contribution in [2.24, 2.45) is 11.7 Å². The molecule has 0 aromatic rings. The quantitative estimate of drug-likeness (QED) is 0.711. The molecule has 2 rings (SSSR count). The number of rotatable bonds is 3. The van der Waals surface area contributed by atoms with E-state index in [1.54, 1.807) is 0 Å². The molecule has 2 saturated carbocycles. The average molecular weight is 254 g/mol. The normalized spacial score (nSPS) is 37.2. The van der Waals surface area contributed by atoms with E-state index in [0.717, 1.165) is 38.5 Å². The summed E-state index contributed by atoms with van der Waals surface area (Å²) in [5.74, 6) is 0.405. The van der Waals surface area contributed by atoms with Crippen LogP contribution in [0.2, 0.25) is 0 Å². The van der Waals surface area contributed by atoms with Gasteiger partial charge in [0.2, 0.25) is 5.91 Å². The van der Waals surface area contributed by atoms with E-state index < -0.39 is 0 Å². The second kappa shape index (κ2) is 6.53. The molecule has 2 aliphatic rings. The predicted molar refractivity (Wildman–Crippen MR) is 71.0 cm³/mol. The van der Waals surface area contributed by atoms with Crippen molar-refractivity contribution in [3.05, 3.63) is 0 Å². The molecule has 0 aromatic heterocycles. The third kappa shape index (κ3) is 3.69. The Kier molecular flexibility index (Phi) is 5.01. The Morgan fingerprint density at radius 3 is 2.50 bits per heavy atom. The van der Waals surface area contributed by atoms with E-state index in [9.17, 15) is 9.90 Å². The Labute approximate surface area is 109 Å². The van der Waals surface area contributed by atoms with E-state index in [0.29, 0.717) is 12.3 Å². The maximum absolute atomic E-state index is 12.0. The lowest BCUT2D eigenvalue weighted by Crippen LogP contribution is -2.46. The number of amides is 1. The zero-order chi connectivity index (χ0) is 13.0. The number of hydrogen-bond acceptors (Lipinski definition) is 3. The molecule has 4 atom stereocenters. The molecule has 1 amide bonds. The van der Waals surface area contributed by atoms with E-state index in [4.69, 9.17) is 5.73 Å². The van der Waals surface area contributed by atoms with Gasteiger partial charge in [-0.1, -0.05) is 25.7 Å². The Hall–Kier alpha value is -0.610. The van der Waals surface area contributed by atoms with Gasteiger partial charge in [-0.05, 0) is 31.6 Å². The smallest absolute Gasteiger partial charge is 0.220 e. The molecule has 0 spiro atoms. The number of carbonyl (C=O) groups is 1. The van der Waals surface area contributed by atoms with Crippen LogP contribution in [0.5, 0.6) is 0 Å². The van der Waals surface area contributed by atoms with Crippen molar-refractivity contribution in [3.8, 4) is 0 Å². The number of aliphatic hydroxyl groups is 1. The lowest BCUT2D eigenvalue weighted by atomic mass is 9.82. The van der Waals surface area contributed by atoms with Crippen molar-refractivity contribution in [2.75, 3.05) is 0 Å². The number of aliphatic hydroxyl groups excluding tert-OH is 1. The van der Waals surface area contributed by atoms with Crippen molar-refractivity contribution in [1.29, 1.82) is 0 Å². The summed E-state index contributed by atoms with van der Waals surface area (Å²) in [6, 6.07) is 0.145. The Bertz CT molecular complexity index is 257. The highest BCUT2D eigenvalue weighted by molar-refractivity contribution is 5.76. The SMILES string of the molecule is NC1CCCCC1CC(=O)NC1CCCCC1O. The summed E-state index contributed by atoms with van der Waals surface area (Å²) in [5.41, 5.74) is 6.06. The van der Waals surface area contributed by atoms with Crippen LogP contribution < -0.4 is 11.1 Å². The monoisotopic (exact) mass is 254 g/mol. The standard InChI is InChI=1S/C14H26N2O2/c15-11-6-2-1-5-10(11)9-14(18)16-12-7-3-4-8-13(12)17/h10-13,17H,1-9,15H2,(H,16,18). The third-order valence-corrected chi connectivity index (χ3v) is 4.49. The average Bonchev–Trinajstić information content (AvgIpc) is 2.35. The van der Waals surface area contributed by atoms with Crippen molar-refractivity contribution < 1.29 is 9.90 Å². The second-order valence-corrected chi connectivity index (χ2v) is 5.94. The van der Waals surface area contributed by atoms with Gasteiger partial charge in [0, 0.05) is 12.5 Å². The molecule has 2 fully saturated rings. The van der Waals surface area contributed by atoms with Gasteiger partial charge in [-0.2, -0.15) is 0 Å². The van der Waals surface area contributed by atoms with Crippen molar-refractivity contribution >= 4 is 5.91 Å². The molecule has 0 heterocycles. The number of nitrogens with one attached hydrogen (secondary N) is 1. The Morgan fingerprint density at radius 2 is 1.78 bits per heavy atom. The molecule has 0 radical (unpaired) electrons. The van der Waals surface area contributed by atoms with Gasteiger partial charge in [0.1, 0.15) is 0 Å². The fourth-order valence-corrected chi connectivity index (χ4v) is 3.27. The fourth-order valence-electron chi connectivity index (χ4n) is 3.27. The minimum atomic E-state index is -0.359. The molecule has 4 unspecified atom stereocenters. The molecule has 4 N–H and O–H groups in total. The van der Waals surface area contributed by atoms with Crippen molar-refractivity contribution in [1.82, 2.24) is 5.32 Å². The largest absolute Gasteiger partial charge is 0.391 e. The molecule has 0 aromatic carbocycles. The summed E-state index contributed by atoms with van der Waals surface area (Å²) in [5, 5.41) is 12.8. The van der Waals surface area contributed by atoms with Gasteiger partial charge in [0.15, 0.2) is 0 Å². The van der Waals surface area contributed by atoms with E-state index in [1.165, 1.54) is 12.8 Å². The zero-order valence-corrected chi connectivity index (χ0v) is 11.1. The third-order valence-electron chi connectivity index (χ3n) is 4.49. The predicted octanol–water partition coefficient (Wildman–Crippen LogP) is 1.31. The van der Waals surface area contributed by atoms with E-state index in [-0.39, 0.29) is 24.1 Å². The minimum Gasteiger partial charge on any atom is -0.391 e. The van der Waals surface area contributed by atoms with Gasteiger partial charge in [0.05, 0.1) is 12.1 Å². The van der Waals surface area contributed by atoms with E-state index >= 15 is 0 Å². The highest BCUT2D eigenvalue weighted by Gasteiger charge is 2.28. The van der Waals surface area contributed by atoms with Gasteiger partial charge < -0.3 is 16.2 Å². The summed E-state index contributed by atoms with van der Waals surface area (Å²) in [6.45, 7) is 0. The maximum atomic E-state index is 12.0. The summed E-state index contributed by atoms with van der Waals surface area (Å²) in [7, 11) is 0. The fraction of sp³-hybridized carbons (Fsp3) is 0.929. The highest BCUT2D eigenvalue weighted by Crippen LogP contribution is 2.26. The zero-order valence-electron chi connectivity index (χ0n) is 11.1. The Balaban J connectivity index is 1.77. The number of nitrogens with two attached hydrogens (primary N) is 1. The van der Waals surface area contributed by atoms with Crippen LogP contribution in [0.4, 0.5) is 0 Å².